The minimum atomic E-state index is -0.854. The molecule has 0 aliphatic heterocycles. The van der Waals surface area contributed by atoms with Gasteiger partial charge in [0, 0.05) is 11.8 Å². The molecule has 0 saturated carbocycles. The summed E-state index contributed by atoms with van der Waals surface area (Å²) in [5, 5.41) is 11.5. The summed E-state index contributed by atoms with van der Waals surface area (Å²) in [6.45, 7) is 3.11. The lowest BCUT2D eigenvalue weighted by molar-refractivity contribution is -0.136. The monoisotopic (exact) mass is 321 g/mol. The molecule has 1 aromatic carbocycles. The van der Waals surface area contributed by atoms with Crippen LogP contribution in [0.25, 0.3) is 0 Å². The number of aryl methyl sites for hydroxylation is 1. The lowest BCUT2D eigenvalue weighted by Gasteiger charge is -2.11. The Morgan fingerprint density at radius 2 is 2.00 bits per heavy atom. The molecule has 6 heteroatoms. The van der Waals surface area contributed by atoms with Crippen molar-refractivity contribution in [2.45, 2.75) is 26.2 Å². The highest BCUT2D eigenvalue weighted by Gasteiger charge is 2.07. The van der Waals surface area contributed by atoms with Crippen LogP contribution in [0.2, 0.25) is 0 Å². The number of rotatable bonds is 9. The topological polar surface area (TPSA) is 68.7 Å². The number of ether oxygens (including phenoxy) is 2. The Bertz CT molecular complexity index is 612. The van der Waals surface area contributed by atoms with Gasteiger partial charge in [0.25, 0.3) is 0 Å². The number of carboxylic acid groups (broad SMARTS) is 1. The van der Waals surface area contributed by atoms with Crippen LogP contribution >= 0.6 is 11.3 Å². The third-order valence-electron chi connectivity index (χ3n) is 2.87. The maximum atomic E-state index is 10.6. The summed E-state index contributed by atoms with van der Waals surface area (Å²) < 4.78 is 11.2. The second-order valence-corrected chi connectivity index (χ2v) is 5.58. The van der Waals surface area contributed by atoms with Crippen LogP contribution in [0.15, 0.2) is 29.6 Å². The van der Waals surface area contributed by atoms with Crippen molar-refractivity contribution in [1.29, 1.82) is 0 Å². The third-order valence-corrected chi connectivity index (χ3v) is 3.83. The van der Waals surface area contributed by atoms with Gasteiger partial charge in [0.2, 0.25) is 0 Å². The van der Waals surface area contributed by atoms with Crippen molar-refractivity contribution in [2.24, 2.45) is 0 Å². The Kier molecular flexibility index (Phi) is 6.21. The molecule has 5 nitrogen and oxygen atoms in total. The number of hydrogen-bond donors (Lipinski definition) is 1. The highest BCUT2D eigenvalue weighted by molar-refractivity contribution is 7.09. The molecular formula is C16H19NO4S. The van der Waals surface area contributed by atoms with E-state index in [1.165, 1.54) is 11.3 Å². The molecule has 0 atom stereocenters. The SMILES string of the molecule is CCOc1ccccc1OCCCc1nc(CC(=O)O)cs1. The molecule has 1 aromatic heterocycles. The van der Waals surface area contributed by atoms with Crippen LogP contribution in [0.3, 0.4) is 0 Å². The van der Waals surface area contributed by atoms with Gasteiger partial charge < -0.3 is 14.6 Å². The molecule has 0 bridgehead atoms. The summed E-state index contributed by atoms with van der Waals surface area (Å²) in [6.07, 6.45) is 1.58. The van der Waals surface area contributed by atoms with Gasteiger partial charge in [-0.25, -0.2) is 4.98 Å². The first-order valence-electron chi connectivity index (χ1n) is 7.18. The average molecular weight is 321 g/mol. The highest BCUT2D eigenvalue weighted by atomic mass is 32.1. The van der Waals surface area contributed by atoms with E-state index in [0.717, 1.165) is 29.3 Å². The van der Waals surface area contributed by atoms with Gasteiger partial charge in [0.15, 0.2) is 11.5 Å². The minimum Gasteiger partial charge on any atom is -0.490 e. The maximum absolute atomic E-state index is 10.6. The minimum absolute atomic E-state index is 0.0191. The van der Waals surface area contributed by atoms with E-state index < -0.39 is 5.97 Å². The number of thiazole rings is 1. The van der Waals surface area contributed by atoms with Gasteiger partial charge in [-0.1, -0.05) is 12.1 Å². The van der Waals surface area contributed by atoms with Crippen molar-refractivity contribution in [2.75, 3.05) is 13.2 Å². The van der Waals surface area contributed by atoms with Crippen LogP contribution in [0.1, 0.15) is 24.0 Å². The first kappa shape index (κ1) is 16.3. The second kappa shape index (κ2) is 8.38. The van der Waals surface area contributed by atoms with Crippen molar-refractivity contribution < 1.29 is 19.4 Å². The zero-order chi connectivity index (χ0) is 15.8. The summed E-state index contributed by atoms with van der Waals surface area (Å²) >= 11 is 1.49. The van der Waals surface area contributed by atoms with Gasteiger partial charge in [-0.2, -0.15) is 0 Å². The summed E-state index contributed by atoms with van der Waals surface area (Å²) in [6, 6.07) is 7.60. The molecule has 0 saturated heterocycles. The van der Waals surface area contributed by atoms with E-state index in [1.54, 1.807) is 5.38 Å². The Balaban J connectivity index is 1.77. The Morgan fingerprint density at radius 1 is 1.27 bits per heavy atom. The molecule has 1 N–H and O–H groups in total. The van der Waals surface area contributed by atoms with E-state index in [0.29, 0.717) is 18.9 Å². The Labute approximate surface area is 133 Å². The molecule has 0 spiro atoms. The largest absolute Gasteiger partial charge is 0.490 e. The van der Waals surface area contributed by atoms with E-state index in [2.05, 4.69) is 4.98 Å². The van der Waals surface area contributed by atoms with Crippen LogP contribution in [0.5, 0.6) is 11.5 Å². The van der Waals surface area contributed by atoms with Gasteiger partial charge in [-0.3, -0.25) is 4.79 Å². The molecule has 0 amide bonds. The number of hydrogen-bond acceptors (Lipinski definition) is 5. The normalized spacial score (nSPS) is 10.4. The molecule has 0 aliphatic carbocycles. The fourth-order valence-corrected chi connectivity index (χ4v) is 2.79. The average Bonchev–Trinajstić information content (AvgIpc) is 2.92. The smallest absolute Gasteiger partial charge is 0.309 e. The predicted octanol–water partition coefficient (Wildman–Crippen LogP) is 3.18. The van der Waals surface area contributed by atoms with Gasteiger partial charge in [0.1, 0.15) is 0 Å². The molecular weight excluding hydrogens is 302 g/mol. The predicted molar refractivity (Wildman–Crippen MR) is 84.9 cm³/mol. The second-order valence-electron chi connectivity index (χ2n) is 4.63. The Hall–Kier alpha value is -2.08. The van der Waals surface area contributed by atoms with Crippen LogP contribution < -0.4 is 9.47 Å². The molecule has 0 radical (unpaired) electrons. The molecule has 0 fully saturated rings. The van der Waals surface area contributed by atoms with Crippen LogP contribution in [0, 0.1) is 0 Å². The number of para-hydroxylation sites is 2. The van der Waals surface area contributed by atoms with E-state index >= 15 is 0 Å². The standard InChI is InChI=1S/C16H19NO4S/c1-2-20-13-6-3-4-7-14(13)21-9-5-8-15-17-12(11-22-15)10-16(18)19/h3-4,6-7,11H,2,5,8-10H2,1H3,(H,18,19). The van der Waals surface area contributed by atoms with Gasteiger partial charge in [-0.15, -0.1) is 11.3 Å². The van der Waals surface area contributed by atoms with Gasteiger partial charge >= 0.3 is 5.97 Å². The Morgan fingerprint density at radius 3 is 2.68 bits per heavy atom. The first-order valence-corrected chi connectivity index (χ1v) is 8.06. The molecule has 118 valence electrons. The van der Waals surface area contributed by atoms with E-state index in [-0.39, 0.29) is 6.42 Å². The fraction of sp³-hybridized carbons (Fsp3) is 0.375. The van der Waals surface area contributed by atoms with Crippen molar-refractivity contribution in [1.82, 2.24) is 4.98 Å². The lowest BCUT2D eigenvalue weighted by Crippen LogP contribution is -2.03. The summed E-state index contributed by atoms with van der Waals surface area (Å²) in [5.74, 6) is 0.644. The summed E-state index contributed by atoms with van der Waals surface area (Å²) in [4.78, 5) is 14.9. The number of carbonyl (C=O) groups is 1. The van der Waals surface area contributed by atoms with Crippen molar-refractivity contribution in [3.8, 4) is 11.5 Å². The maximum Gasteiger partial charge on any atom is 0.309 e. The lowest BCUT2D eigenvalue weighted by atomic mass is 10.3. The summed E-state index contributed by atoms with van der Waals surface area (Å²) in [5.41, 5.74) is 0.620. The van der Waals surface area contributed by atoms with Crippen molar-refractivity contribution in [3.05, 3.63) is 40.3 Å². The van der Waals surface area contributed by atoms with Crippen LogP contribution in [-0.2, 0) is 17.6 Å². The van der Waals surface area contributed by atoms with E-state index in [9.17, 15) is 4.79 Å². The van der Waals surface area contributed by atoms with Gasteiger partial charge in [0.05, 0.1) is 30.3 Å². The highest BCUT2D eigenvalue weighted by Crippen LogP contribution is 2.26. The first-order chi connectivity index (χ1) is 10.7. The zero-order valence-corrected chi connectivity index (χ0v) is 13.3. The van der Waals surface area contributed by atoms with E-state index in [4.69, 9.17) is 14.6 Å². The molecule has 2 aromatic rings. The van der Waals surface area contributed by atoms with E-state index in [1.807, 2.05) is 31.2 Å². The third kappa shape index (κ3) is 5.04. The molecule has 0 unspecified atom stereocenters. The number of carboxylic acids is 1. The number of aliphatic carboxylic acids is 1. The fourth-order valence-electron chi connectivity index (χ4n) is 1.95. The molecule has 22 heavy (non-hydrogen) atoms. The number of aromatic nitrogens is 1. The van der Waals surface area contributed by atoms with Crippen molar-refractivity contribution >= 4 is 17.3 Å². The number of nitrogens with zero attached hydrogens (tertiary/aromatic N) is 1. The number of benzene rings is 1. The molecule has 0 aliphatic rings. The zero-order valence-electron chi connectivity index (χ0n) is 12.4. The van der Waals surface area contributed by atoms with Crippen LogP contribution in [-0.4, -0.2) is 29.3 Å². The molecule has 2 rings (SSSR count). The molecule has 1 heterocycles. The van der Waals surface area contributed by atoms with Gasteiger partial charge in [-0.05, 0) is 25.5 Å². The summed E-state index contributed by atoms with van der Waals surface area (Å²) in [7, 11) is 0. The quantitative estimate of drug-likeness (QED) is 0.718. The van der Waals surface area contributed by atoms with Crippen LogP contribution in [0.4, 0.5) is 0 Å². The van der Waals surface area contributed by atoms with Crippen molar-refractivity contribution in [3.63, 3.8) is 0 Å².